The van der Waals surface area contributed by atoms with Crippen molar-refractivity contribution in [3.8, 4) is 17.6 Å². The van der Waals surface area contributed by atoms with E-state index in [4.69, 9.17) is 21.6 Å². The molecule has 4 heteroatoms. The maximum atomic E-state index is 8.98. The van der Waals surface area contributed by atoms with Crippen molar-refractivity contribution in [3.05, 3.63) is 65.3 Å². The summed E-state index contributed by atoms with van der Waals surface area (Å²) in [5.41, 5.74) is 0.997. The summed E-state index contributed by atoms with van der Waals surface area (Å²) in [6, 6.07) is 16.9. The summed E-state index contributed by atoms with van der Waals surface area (Å²) < 4.78 is 5.82. The smallest absolute Gasteiger partial charge is 0.153 e. The van der Waals surface area contributed by atoms with Crippen LogP contribution >= 0.6 is 11.6 Å². The summed E-state index contributed by atoms with van der Waals surface area (Å²) in [5, 5.41) is 10.1. The van der Waals surface area contributed by atoms with Crippen LogP contribution < -0.4 is 4.74 Å². The lowest BCUT2D eigenvalue weighted by atomic mass is 10.1. The van der Waals surface area contributed by atoms with Crippen LogP contribution in [0.5, 0.6) is 11.5 Å². The average Bonchev–Trinajstić information content (AvgIpc) is 2.49. The Labute approximate surface area is 121 Å². The number of aromatic nitrogens is 1. The predicted octanol–water partition coefficient (Wildman–Crippen LogP) is 4.55. The largest absolute Gasteiger partial charge is 0.455 e. The Hall–Kier alpha value is -2.57. The highest BCUT2D eigenvalue weighted by molar-refractivity contribution is 6.36. The molecule has 0 atom stereocenters. The summed E-state index contributed by atoms with van der Waals surface area (Å²) in [5.74, 6) is 1.34. The van der Waals surface area contributed by atoms with Gasteiger partial charge in [-0.2, -0.15) is 5.26 Å². The summed E-state index contributed by atoms with van der Waals surface area (Å²) in [6.07, 6.45) is 1.46. The first kappa shape index (κ1) is 12.5. The second-order valence-electron chi connectivity index (χ2n) is 4.17. The number of rotatable bonds is 2. The van der Waals surface area contributed by atoms with Crippen molar-refractivity contribution in [2.45, 2.75) is 0 Å². The summed E-state index contributed by atoms with van der Waals surface area (Å²) in [7, 11) is 0. The fourth-order valence-corrected chi connectivity index (χ4v) is 2.18. The van der Waals surface area contributed by atoms with Gasteiger partial charge in [0.25, 0.3) is 0 Å². The third kappa shape index (κ3) is 2.18. The lowest BCUT2D eigenvalue weighted by Gasteiger charge is -2.09. The first-order valence-corrected chi connectivity index (χ1v) is 6.37. The van der Waals surface area contributed by atoms with Crippen LogP contribution in [0.2, 0.25) is 5.02 Å². The zero-order valence-electron chi connectivity index (χ0n) is 10.4. The highest BCUT2D eigenvalue weighted by Crippen LogP contribution is 2.33. The molecule has 0 aliphatic rings. The maximum absolute atomic E-state index is 8.98. The Morgan fingerprint density at radius 1 is 1.05 bits per heavy atom. The lowest BCUT2D eigenvalue weighted by molar-refractivity contribution is 0.487. The Kier molecular flexibility index (Phi) is 3.24. The van der Waals surface area contributed by atoms with Crippen LogP contribution in [-0.2, 0) is 0 Å². The topological polar surface area (TPSA) is 45.9 Å². The third-order valence-corrected chi connectivity index (χ3v) is 3.29. The van der Waals surface area contributed by atoms with E-state index in [2.05, 4.69) is 4.98 Å². The molecule has 0 fully saturated rings. The van der Waals surface area contributed by atoms with Crippen LogP contribution in [0, 0.1) is 11.3 Å². The summed E-state index contributed by atoms with van der Waals surface area (Å²) in [4.78, 5) is 4.28. The van der Waals surface area contributed by atoms with Gasteiger partial charge >= 0.3 is 0 Å². The molecule has 1 heterocycles. The molecule has 0 saturated carbocycles. The van der Waals surface area contributed by atoms with Crippen LogP contribution in [0.15, 0.2) is 54.7 Å². The van der Waals surface area contributed by atoms with Crippen LogP contribution in [0.4, 0.5) is 0 Å². The quantitative estimate of drug-likeness (QED) is 0.691. The van der Waals surface area contributed by atoms with E-state index in [1.54, 1.807) is 0 Å². The second kappa shape index (κ2) is 5.20. The van der Waals surface area contributed by atoms with E-state index in [0.29, 0.717) is 27.2 Å². The number of pyridine rings is 1. The molecule has 0 saturated heterocycles. The van der Waals surface area contributed by atoms with Gasteiger partial charge < -0.3 is 4.74 Å². The van der Waals surface area contributed by atoms with Gasteiger partial charge in [0.15, 0.2) is 5.75 Å². The van der Waals surface area contributed by atoms with Crippen LogP contribution in [0.3, 0.4) is 0 Å². The van der Waals surface area contributed by atoms with Gasteiger partial charge in [-0.05, 0) is 18.2 Å². The van der Waals surface area contributed by atoms with Gasteiger partial charge in [-0.3, -0.25) is 4.98 Å². The first-order chi connectivity index (χ1) is 9.79. The molecular formula is C16H9ClN2O. The number of hydrogen-bond acceptors (Lipinski definition) is 3. The monoisotopic (exact) mass is 280 g/mol. The average molecular weight is 281 g/mol. The fraction of sp³-hybridized carbons (Fsp3) is 0. The van der Waals surface area contributed by atoms with Gasteiger partial charge in [-0.15, -0.1) is 0 Å². The second-order valence-corrected chi connectivity index (χ2v) is 4.54. The van der Waals surface area contributed by atoms with Crippen molar-refractivity contribution in [1.29, 1.82) is 5.26 Å². The molecular weight excluding hydrogens is 272 g/mol. The molecule has 3 nitrogen and oxygen atoms in total. The van der Waals surface area contributed by atoms with E-state index >= 15 is 0 Å². The Bertz CT molecular complexity index is 810. The molecule has 96 valence electrons. The van der Waals surface area contributed by atoms with Gasteiger partial charge in [0, 0.05) is 11.6 Å². The number of nitrogens with zero attached hydrogens (tertiary/aromatic N) is 2. The van der Waals surface area contributed by atoms with E-state index in [9.17, 15) is 0 Å². The molecule has 0 bridgehead atoms. The third-order valence-electron chi connectivity index (χ3n) is 2.89. The standard InChI is InChI=1S/C16H9ClN2O/c17-15-11(9-18)10-19-16-13(15)7-4-8-14(16)20-12-5-2-1-3-6-12/h1-8,10H. The normalized spacial score (nSPS) is 10.2. The van der Waals surface area contributed by atoms with E-state index in [0.717, 1.165) is 5.75 Å². The zero-order valence-corrected chi connectivity index (χ0v) is 11.1. The van der Waals surface area contributed by atoms with Gasteiger partial charge in [0.05, 0.1) is 10.6 Å². The van der Waals surface area contributed by atoms with Crippen molar-refractivity contribution < 1.29 is 4.74 Å². The number of hydrogen-bond donors (Lipinski definition) is 0. The number of fused-ring (bicyclic) bond motifs is 1. The predicted molar refractivity (Wildman–Crippen MR) is 78.0 cm³/mol. The van der Waals surface area contributed by atoms with Crippen molar-refractivity contribution in [3.63, 3.8) is 0 Å². The zero-order chi connectivity index (χ0) is 13.9. The minimum atomic E-state index is 0.357. The highest BCUT2D eigenvalue weighted by Gasteiger charge is 2.10. The molecule has 20 heavy (non-hydrogen) atoms. The summed E-state index contributed by atoms with van der Waals surface area (Å²) >= 11 is 6.20. The van der Waals surface area contributed by atoms with Crippen molar-refractivity contribution in [2.75, 3.05) is 0 Å². The summed E-state index contributed by atoms with van der Waals surface area (Å²) in [6.45, 7) is 0. The van der Waals surface area contributed by atoms with Gasteiger partial charge in [-0.25, -0.2) is 0 Å². The number of halogens is 1. The number of nitriles is 1. The molecule has 0 radical (unpaired) electrons. The molecule has 2 aromatic carbocycles. The molecule has 3 rings (SSSR count). The molecule has 3 aromatic rings. The maximum Gasteiger partial charge on any atom is 0.153 e. The molecule has 1 aromatic heterocycles. The molecule has 0 amide bonds. The number of ether oxygens (including phenoxy) is 1. The van der Waals surface area contributed by atoms with E-state index in [-0.39, 0.29) is 0 Å². The fourth-order valence-electron chi connectivity index (χ4n) is 1.94. The van der Waals surface area contributed by atoms with Crippen LogP contribution in [0.25, 0.3) is 10.9 Å². The number of para-hydroxylation sites is 2. The minimum absolute atomic E-state index is 0.357. The molecule has 0 unspecified atom stereocenters. The number of benzene rings is 2. The molecule has 0 aliphatic carbocycles. The SMILES string of the molecule is N#Cc1cnc2c(Oc3ccccc3)cccc2c1Cl. The van der Waals surface area contributed by atoms with E-state index in [1.165, 1.54) is 6.20 Å². The first-order valence-electron chi connectivity index (χ1n) is 6.00. The van der Waals surface area contributed by atoms with Crippen molar-refractivity contribution in [1.82, 2.24) is 4.98 Å². The molecule has 0 N–H and O–H groups in total. The Morgan fingerprint density at radius 3 is 2.60 bits per heavy atom. The van der Waals surface area contributed by atoms with E-state index < -0.39 is 0 Å². The molecule has 0 aliphatic heterocycles. The minimum Gasteiger partial charge on any atom is -0.455 e. The van der Waals surface area contributed by atoms with Gasteiger partial charge in [0.1, 0.15) is 17.3 Å². The Balaban J connectivity index is 2.14. The van der Waals surface area contributed by atoms with Crippen molar-refractivity contribution >= 4 is 22.5 Å². The van der Waals surface area contributed by atoms with Crippen LogP contribution in [0.1, 0.15) is 5.56 Å². The van der Waals surface area contributed by atoms with E-state index in [1.807, 2.05) is 54.6 Å². The van der Waals surface area contributed by atoms with Gasteiger partial charge in [0.2, 0.25) is 0 Å². The molecule has 0 spiro atoms. The van der Waals surface area contributed by atoms with Crippen LogP contribution in [-0.4, -0.2) is 4.98 Å². The van der Waals surface area contributed by atoms with Gasteiger partial charge in [-0.1, -0.05) is 41.9 Å². The van der Waals surface area contributed by atoms with Crippen molar-refractivity contribution in [2.24, 2.45) is 0 Å². The lowest BCUT2D eigenvalue weighted by Crippen LogP contribution is -1.90. The Morgan fingerprint density at radius 2 is 1.85 bits per heavy atom. The highest BCUT2D eigenvalue weighted by atomic mass is 35.5.